The smallest absolute Gasteiger partial charge is 0.247 e. The molecule has 2 heterocycles. The topological polar surface area (TPSA) is 79.0 Å². The average molecular weight is 310 g/mol. The predicted molar refractivity (Wildman–Crippen MR) is 69.5 cm³/mol. The highest BCUT2D eigenvalue weighted by Crippen LogP contribution is 2.32. The number of benzene rings is 1. The maximum atomic E-state index is 13.2. The van der Waals surface area contributed by atoms with Crippen molar-refractivity contribution in [2.75, 3.05) is 4.90 Å². The summed E-state index contributed by atoms with van der Waals surface area (Å²) in [6, 6.07) is 2.89. The van der Waals surface area contributed by atoms with E-state index in [1.165, 1.54) is 12.4 Å². The predicted octanol–water partition coefficient (Wildman–Crippen LogP) is 1.51. The van der Waals surface area contributed by atoms with Crippen molar-refractivity contribution in [2.45, 2.75) is 16.8 Å². The zero-order valence-electron chi connectivity index (χ0n) is 10.4. The zero-order chi connectivity index (χ0) is 15.0. The number of halogens is 2. The van der Waals surface area contributed by atoms with Crippen molar-refractivity contribution in [3.8, 4) is 0 Å². The largest absolute Gasteiger partial charge is 0.274 e. The Kier molecular flexibility index (Phi) is 3.42. The van der Waals surface area contributed by atoms with Crippen molar-refractivity contribution in [1.82, 2.24) is 15.2 Å². The maximum absolute atomic E-state index is 13.2. The number of carbonyl (C=O) groups excluding carboxylic acids is 2. The van der Waals surface area contributed by atoms with E-state index in [2.05, 4.69) is 15.2 Å². The average Bonchev–Trinajstić information content (AvgIpc) is 3.03. The van der Waals surface area contributed by atoms with E-state index in [1.807, 2.05) is 0 Å². The van der Waals surface area contributed by atoms with Gasteiger partial charge >= 0.3 is 0 Å². The van der Waals surface area contributed by atoms with Gasteiger partial charge in [-0.05, 0) is 12.1 Å². The quantitative estimate of drug-likeness (QED) is 0.869. The second-order valence-corrected chi connectivity index (χ2v) is 5.46. The van der Waals surface area contributed by atoms with Crippen LogP contribution >= 0.6 is 11.8 Å². The monoisotopic (exact) mass is 310 g/mol. The Morgan fingerprint density at radius 1 is 1.29 bits per heavy atom. The standard InChI is InChI=1S/C12H8F2N4O2S/c13-7-2-1-6(3-8(7)14)18-10(19)4-9(11(18)20)21-12-15-5-16-17-12/h1-3,5,9H,4H2,(H,15,16,17)/t9-/m1/s1. The number of thioether (sulfide) groups is 1. The third kappa shape index (κ3) is 2.51. The minimum Gasteiger partial charge on any atom is -0.274 e. The number of nitrogens with one attached hydrogen (secondary N) is 1. The zero-order valence-corrected chi connectivity index (χ0v) is 11.2. The highest BCUT2D eigenvalue weighted by molar-refractivity contribution is 8.00. The molecule has 1 aromatic carbocycles. The van der Waals surface area contributed by atoms with Crippen LogP contribution in [0.5, 0.6) is 0 Å². The molecule has 2 amide bonds. The third-order valence-electron chi connectivity index (χ3n) is 2.91. The van der Waals surface area contributed by atoms with Gasteiger partial charge in [0, 0.05) is 12.5 Å². The second kappa shape index (κ2) is 5.24. The van der Waals surface area contributed by atoms with Crippen LogP contribution in [0.1, 0.15) is 6.42 Å². The van der Waals surface area contributed by atoms with E-state index in [0.29, 0.717) is 5.16 Å². The summed E-state index contributed by atoms with van der Waals surface area (Å²) in [6.07, 6.45) is 1.25. The van der Waals surface area contributed by atoms with Gasteiger partial charge in [-0.25, -0.2) is 18.7 Å². The van der Waals surface area contributed by atoms with Crippen LogP contribution in [0.2, 0.25) is 0 Å². The first-order valence-electron chi connectivity index (χ1n) is 5.90. The Hall–Kier alpha value is -2.29. The number of aromatic nitrogens is 3. The van der Waals surface area contributed by atoms with Gasteiger partial charge in [0.05, 0.1) is 5.69 Å². The van der Waals surface area contributed by atoms with Crippen molar-refractivity contribution < 1.29 is 18.4 Å². The van der Waals surface area contributed by atoms with Gasteiger partial charge in [0.1, 0.15) is 11.6 Å². The Bertz CT molecular complexity index is 707. The molecule has 0 spiro atoms. The van der Waals surface area contributed by atoms with Crippen molar-refractivity contribution in [1.29, 1.82) is 0 Å². The van der Waals surface area contributed by atoms with Crippen LogP contribution in [0.3, 0.4) is 0 Å². The van der Waals surface area contributed by atoms with Crippen LogP contribution < -0.4 is 4.90 Å². The van der Waals surface area contributed by atoms with E-state index in [0.717, 1.165) is 28.8 Å². The molecule has 108 valence electrons. The van der Waals surface area contributed by atoms with Crippen LogP contribution in [0.25, 0.3) is 0 Å². The van der Waals surface area contributed by atoms with Gasteiger partial charge in [-0.2, -0.15) is 5.10 Å². The van der Waals surface area contributed by atoms with Crippen LogP contribution in [0.15, 0.2) is 29.7 Å². The molecule has 1 fully saturated rings. The third-order valence-corrected chi connectivity index (χ3v) is 3.99. The summed E-state index contributed by atoms with van der Waals surface area (Å²) in [5, 5.41) is 5.97. The van der Waals surface area contributed by atoms with Crippen LogP contribution in [0, 0.1) is 11.6 Å². The van der Waals surface area contributed by atoms with Crippen LogP contribution in [0.4, 0.5) is 14.5 Å². The van der Waals surface area contributed by atoms with Crippen LogP contribution in [-0.2, 0) is 9.59 Å². The Morgan fingerprint density at radius 2 is 2.10 bits per heavy atom. The molecular weight excluding hydrogens is 302 g/mol. The van der Waals surface area contributed by atoms with Crippen molar-refractivity contribution in [3.63, 3.8) is 0 Å². The molecule has 0 saturated carbocycles. The lowest BCUT2D eigenvalue weighted by molar-refractivity contribution is -0.121. The number of amides is 2. The summed E-state index contributed by atoms with van der Waals surface area (Å²) < 4.78 is 26.2. The first-order chi connectivity index (χ1) is 10.1. The first kappa shape index (κ1) is 13.7. The second-order valence-electron chi connectivity index (χ2n) is 4.27. The van der Waals surface area contributed by atoms with Crippen molar-refractivity contribution >= 4 is 29.3 Å². The Labute approximate surface area is 121 Å². The van der Waals surface area contributed by atoms with E-state index >= 15 is 0 Å². The number of anilines is 1. The number of carbonyl (C=O) groups is 2. The van der Waals surface area contributed by atoms with E-state index in [9.17, 15) is 18.4 Å². The number of imide groups is 1. The lowest BCUT2D eigenvalue weighted by Gasteiger charge is -2.14. The molecule has 2 aromatic rings. The molecular formula is C12H8F2N4O2S. The normalized spacial score (nSPS) is 18.6. The number of hydrogen-bond acceptors (Lipinski definition) is 5. The van der Waals surface area contributed by atoms with Gasteiger partial charge < -0.3 is 0 Å². The Balaban J connectivity index is 1.84. The van der Waals surface area contributed by atoms with E-state index in [1.54, 1.807) is 0 Å². The fourth-order valence-corrected chi connectivity index (χ4v) is 2.89. The summed E-state index contributed by atoms with van der Waals surface area (Å²) in [4.78, 5) is 28.9. The Morgan fingerprint density at radius 3 is 2.76 bits per heavy atom. The molecule has 1 aromatic heterocycles. The molecule has 3 rings (SSSR count). The van der Waals surface area contributed by atoms with E-state index < -0.39 is 28.7 Å². The van der Waals surface area contributed by atoms with E-state index in [-0.39, 0.29) is 12.1 Å². The van der Waals surface area contributed by atoms with Gasteiger partial charge in [0.15, 0.2) is 16.8 Å². The maximum Gasteiger partial charge on any atom is 0.247 e. The summed E-state index contributed by atoms with van der Waals surface area (Å²) in [5.74, 6) is -3.11. The highest BCUT2D eigenvalue weighted by atomic mass is 32.2. The van der Waals surface area contributed by atoms with Crippen molar-refractivity contribution in [3.05, 3.63) is 36.2 Å². The molecule has 0 aliphatic carbocycles. The fourth-order valence-electron chi connectivity index (χ4n) is 1.98. The van der Waals surface area contributed by atoms with Crippen molar-refractivity contribution in [2.24, 2.45) is 0 Å². The molecule has 1 atom stereocenters. The number of aromatic amines is 1. The summed E-state index contributed by atoms with van der Waals surface area (Å²) in [5.41, 5.74) is 0.0181. The molecule has 6 nitrogen and oxygen atoms in total. The first-order valence-corrected chi connectivity index (χ1v) is 6.78. The van der Waals surface area contributed by atoms with Gasteiger partial charge in [-0.3, -0.25) is 14.7 Å². The van der Waals surface area contributed by atoms with Gasteiger partial charge in [0.2, 0.25) is 11.8 Å². The number of hydrogen-bond donors (Lipinski definition) is 1. The molecule has 0 radical (unpaired) electrons. The molecule has 1 saturated heterocycles. The molecule has 0 bridgehead atoms. The fraction of sp³-hybridized carbons (Fsp3) is 0.167. The molecule has 0 unspecified atom stereocenters. The van der Waals surface area contributed by atoms with E-state index in [4.69, 9.17) is 0 Å². The van der Waals surface area contributed by atoms with Crippen LogP contribution in [-0.4, -0.2) is 32.2 Å². The molecule has 21 heavy (non-hydrogen) atoms. The summed E-state index contributed by atoms with van der Waals surface area (Å²) >= 11 is 1.07. The lowest BCUT2D eigenvalue weighted by Crippen LogP contribution is -2.31. The summed E-state index contributed by atoms with van der Waals surface area (Å²) in [6.45, 7) is 0. The number of nitrogens with zero attached hydrogens (tertiary/aromatic N) is 3. The SMILES string of the molecule is O=C1C[C@@H](Sc2ncn[nH]2)C(=O)N1c1ccc(F)c(F)c1. The minimum absolute atomic E-state index is 0.0181. The summed E-state index contributed by atoms with van der Waals surface area (Å²) in [7, 11) is 0. The number of H-pyrrole nitrogens is 1. The number of rotatable bonds is 3. The highest BCUT2D eigenvalue weighted by Gasteiger charge is 2.40. The molecule has 1 aliphatic rings. The molecule has 1 N–H and O–H groups in total. The van der Waals surface area contributed by atoms with Gasteiger partial charge in [0.25, 0.3) is 0 Å². The van der Waals surface area contributed by atoms with Gasteiger partial charge in [-0.15, -0.1) is 0 Å². The van der Waals surface area contributed by atoms with Gasteiger partial charge in [-0.1, -0.05) is 11.8 Å². The lowest BCUT2D eigenvalue weighted by atomic mass is 10.3. The molecule has 9 heteroatoms. The minimum atomic E-state index is -1.11. The molecule has 1 aliphatic heterocycles.